The molecule has 80 valence electrons. The smallest absolute Gasteiger partial charge is 0.272 e. The second kappa shape index (κ2) is 4.59. The van der Waals surface area contributed by atoms with Crippen molar-refractivity contribution in [3.05, 3.63) is 29.0 Å². The first-order chi connectivity index (χ1) is 7.27. The molecule has 1 amide bonds. The highest BCUT2D eigenvalue weighted by atomic mass is 35.5. The number of nitrogens with zero attached hydrogens (tertiary/aromatic N) is 2. The molecule has 1 aromatic heterocycles. The van der Waals surface area contributed by atoms with Crippen molar-refractivity contribution in [2.24, 2.45) is 0 Å². The van der Waals surface area contributed by atoms with Gasteiger partial charge in [0.25, 0.3) is 5.91 Å². The van der Waals surface area contributed by atoms with Crippen LogP contribution in [0, 0.1) is 0 Å². The minimum atomic E-state index is -0.0426. The molecule has 2 rings (SSSR count). The van der Waals surface area contributed by atoms with E-state index < -0.39 is 0 Å². The number of carbonyl (C=O) groups is 1. The number of halogens is 1. The minimum absolute atomic E-state index is 0.0426. The Labute approximate surface area is 93.2 Å². The molecule has 1 aliphatic rings. The molecule has 0 aromatic carbocycles. The maximum Gasteiger partial charge on any atom is 0.272 e. The molecule has 0 bridgehead atoms. The summed E-state index contributed by atoms with van der Waals surface area (Å²) in [4.78, 5) is 17.7. The predicted octanol–water partition coefficient (Wildman–Crippen LogP) is 0.780. The van der Waals surface area contributed by atoms with Crippen LogP contribution in [0.1, 0.15) is 10.5 Å². The highest BCUT2D eigenvalue weighted by Gasteiger charge is 2.18. The van der Waals surface area contributed by atoms with Gasteiger partial charge >= 0.3 is 0 Å². The third-order valence-electron chi connectivity index (χ3n) is 2.35. The quantitative estimate of drug-likeness (QED) is 0.769. The van der Waals surface area contributed by atoms with Crippen molar-refractivity contribution in [1.82, 2.24) is 15.2 Å². The van der Waals surface area contributed by atoms with Crippen molar-refractivity contribution in [1.29, 1.82) is 0 Å². The molecule has 1 aromatic rings. The summed E-state index contributed by atoms with van der Waals surface area (Å²) in [7, 11) is 0. The third-order valence-corrected chi connectivity index (χ3v) is 2.58. The maximum atomic E-state index is 11.9. The fourth-order valence-electron chi connectivity index (χ4n) is 1.55. The lowest BCUT2D eigenvalue weighted by atomic mass is 10.3. The van der Waals surface area contributed by atoms with Gasteiger partial charge in [0, 0.05) is 37.4 Å². The zero-order valence-corrected chi connectivity index (χ0v) is 9.00. The topological polar surface area (TPSA) is 45.2 Å². The molecule has 1 saturated heterocycles. The summed E-state index contributed by atoms with van der Waals surface area (Å²) in [6, 6.07) is 3.27. The Kier molecular flexibility index (Phi) is 3.18. The molecule has 0 aliphatic carbocycles. The molecular formula is C10H12ClN3O. The van der Waals surface area contributed by atoms with Crippen molar-refractivity contribution in [3.63, 3.8) is 0 Å². The number of hydrogen-bond acceptors (Lipinski definition) is 3. The summed E-state index contributed by atoms with van der Waals surface area (Å²) in [6.07, 6.45) is 1.55. The van der Waals surface area contributed by atoms with E-state index in [4.69, 9.17) is 11.6 Å². The molecule has 0 saturated carbocycles. The molecule has 15 heavy (non-hydrogen) atoms. The molecular weight excluding hydrogens is 214 g/mol. The van der Waals surface area contributed by atoms with Crippen LogP contribution in [0.25, 0.3) is 0 Å². The third kappa shape index (κ3) is 2.46. The van der Waals surface area contributed by atoms with E-state index in [2.05, 4.69) is 10.3 Å². The molecule has 4 nitrogen and oxygen atoms in total. The second-order valence-corrected chi connectivity index (χ2v) is 3.84. The van der Waals surface area contributed by atoms with Crippen LogP contribution in [0.4, 0.5) is 0 Å². The summed E-state index contributed by atoms with van der Waals surface area (Å²) in [5, 5.41) is 3.74. The largest absolute Gasteiger partial charge is 0.335 e. The molecule has 0 atom stereocenters. The van der Waals surface area contributed by atoms with Gasteiger partial charge in [0.1, 0.15) is 5.69 Å². The van der Waals surface area contributed by atoms with Crippen LogP contribution in [-0.4, -0.2) is 42.0 Å². The van der Waals surface area contributed by atoms with Gasteiger partial charge in [-0.05, 0) is 12.1 Å². The van der Waals surface area contributed by atoms with Crippen LogP contribution in [0.3, 0.4) is 0 Å². The number of hydrogen-bond donors (Lipinski definition) is 1. The van der Waals surface area contributed by atoms with Crippen LogP contribution in [0.2, 0.25) is 5.02 Å². The average molecular weight is 226 g/mol. The van der Waals surface area contributed by atoms with Crippen molar-refractivity contribution in [3.8, 4) is 0 Å². The van der Waals surface area contributed by atoms with E-state index in [0.717, 1.165) is 26.2 Å². The Balaban J connectivity index is 2.12. The number of rotatable bonds is 1. The zero-order chi connectivity index (χ0) is 10.7. The number of aromatic nitrogens is 1. The summed E-state index contributed by atoms with van der Waals surface area (Å²) >= 11 is 5.80. The van der Waals surface area contributed by atoms with E-state index in [1.54, 1.807) is 23.2 Å². The zero-order valence-electron chi connectivity index (χ0n) is 8.24. The van der Waals surface area contributed by atoms with Crippen LogP contribution < -0.4 is 5.32 Å². The summed E-state index contributed by atoms with van der Waals surface area (Å²) in [5.74, 6) is -0.0426. The molecule has 0 unspecified atom stereocenters. The highest BCUT2D eigenvalue weighted by molar-refractivity contribution is 6.30. The van der Waals surface area contributed by atoms with E-state index >= 15 is 0 Å². The highest BCUT2D eigenvalue weighted by Crippen LogP contribution is 2.10. The number of amides is 1. The van der Waals surface area contributed by atoms with Gasteiger partial charge in [0.05, 0.1) is 0 Å². The van der Waals surface area contributed by atoms with Crippen LogP contribution in [0.15, 0.2) is 18.3 Å². The fourth-order valence-corrected chi connectivity index (χ4v) is 1.71. The van der Waals surface area contributed by atoms with Crippen LogP contribution in [0.5, 0.6) is 0 Å². The van der Waals surface area contributed by atoms with Gasteiger partial charge in [-0.1, -0.05) is 11.6 Å². The summed E-state index contributed by atoms with van der Waals surface area (Å²) in [5.41, 5.74) is 0.421. The Morgan fingerprint density at radius 2 is 2.20 bits per heavy atom. The molecule has 0 radical (unpaired) electrons. The lowest BCUT2D eigenvalue weighted by Gasteiger charge is -2.27. The van der Waals surface area contributed by atoms with E-state index in [9.17, 15) is 4.79 Å². The lowest BCUT2D eigenvalue weighted by molar-refractivity contribution is 0.0730. The predicted molar refractivity (Wildman–Crippen MR) is 58.0 cm³/mol. The van der Waals surface area contributed by atoms with Gasteiger partial charge in [0.15, 0.2) is 0 Å². The SMILES string of the molecule is O=C(c1cc(Cl)ccn1)N1CCNCC1. The molecule has 1 N–H and O–H groups in total. The van der Waals surface area contributed by atoms with Crippen LogP contribution >= 0.6 is 11.6 Å². The van der Waals surface area contributed by atoms with Gasteiger partial charge in [0.2, 0.25) is 0 Å². The van der Waals surface area contributed by atoms with E-state index in [1.165, 1.54) is 0 Å². The fraction of sp³-hybridized carbons (Fsp3) is 0.400. The van der Waals surface area contributed by atoms with Gasteiger partial charge < -0.3 is 10.2 Å². The normalized spacial score (nSPS) is 16.5. The first kappa shape index (κ1) is 10.4. The summed E-state index contributed by atoms with van der Waals surface area (Å²) < 4.78 is 0. The first-order valence-corrected chi connectivity index (χ1v) is 5.27. The van der Waals surface area contributed by atoms with Gasteiger partial charge in [-0.2, -0.15) is 0 Å². The maximum absolute atomic E-state index is 11.9. The van der Waals surface area contributed by atoms with Crippen molar-refractivity contribution in [2.45, 2.75) is 0 Å². The Hall–Kier alpha value is -1.13. The Morgan fingerprint density at radius 3 is 2.87 bits per heavy atom. The average Bonchev–Trinajstić information content (AvgIpc) is 2.29. The number of piperazine rings is 1. The molecule has 1 aliphatic heterocycles. The van der Waals surface area contributed by atoms with Crippen LogP contribution in [-0.2, 0) is 0 Å². The minimum Gasteiger partial charge on any atom is -0.335 e. The molecule has 0 spiro atoms. The summed E-state index contributed by atoms with van der Waals surface area (Å²) in [6.45, 7) is 3.14. The van der Waals surface area contributed by atoms with Gasteiger partial charge in [-0.15, -0.1) is 0 Å². The van der Waals surface area contributed by atoms with E-state index in [1.807, 2.05) is 0 Å². The molecule has 5 heteroatoms. The van der Waals surface area contributed by atoms with E-state index in [-0.39, 0.29) is 5.91 Å². The molecule has 2 heterocycles. The monoisotopic (exact) mass is 225 g/mol. The number of nitrogens with one attached hydrogen (secondary N) is 1. The molecule has 1 fully saturated rings. The Morgan fingerprint density at radius 1 is 1.47 bits per heavy atom. The van der Waals surface area contributed by atoms with Gasteiger partial charge in [-0.25, -0.2) is 0 Å². The number of pyridine rings is 1. The van der Waals surface area contributed by atoms with Crippen molar-refractivity contribution < 1.29 is 4.79 Å². The standard InChI is InChI=1S/C10H12ClN3O/c11-8-1-2-13-9(7-8)10(15)14-5-3-12-4-6-14/h1-2,7,12H,3-6H2. The van der Waals surface area contributed by atoms with E-state index in [0.29, 0.717) is 10.7 Å². The second-order valence-electron chi connectivity index (χ2n) is 3.40. The Bertz CT molecular complexity index is 363. The van der Waals surface area contributed by atoms with Crippen molar-refractivity contribution in [2.75, 3.05) is 26.2 Å². The number of carbonyl (C=O) groups excluding carboxylic acids is 1. The first-order valence-electron chi connectivity index (χ1n) is 4.89. The van der Waals surface area contributed by atoms with Crippen molar-refractivity contribution >= 4 is 17.5 Å². The lowest BCUT2D eigenvalue weighted by Crippen LogP contribution is -2.46. The van der Waals surface area contributed by atoms with Gasteiger partial charge in [-0.3, -0.25) is 9.78 Å².